The molecule has 2 aliphatic carbocycles. The molecule has 2 saturated heterocycles. The molecule has 6 unspecified atom stereocenters. The third kappa shape index (κ3) is 4.13. The number of phenols is 1. The van der Waals surface area contributed by atoms with Gasteiger partial charge in [-0.2, -0.15) is 0 Å². The van der Waals surface area contributed by atoms with Crippen LogP contribution in [-0.4, -0.2) is 43.4 Å². The third-order valence-electron chi connectivity index (χ3n) is 9.71. The minimum absolute atomic E-state index is 0.0910. The summed E-state index contributed by atoms with van der Waals surface area (Å²) < 4.78 is 13.8. The van der Waals surface area contributed by atoms with Crippen LogP contribution in [0.1, 0.15) is 34.8 Å². The lowest BCUT2D eigenvalue weighted by molar-refractivity contribution is -0.141. The summed E-state index contributed by atoms with van der Waals surface area (Å²) in [6, 6.07) is 13.6. The van der Waals surface area contributed by atoms with E-state index in [1.807, 2.05) is 23.6 Å². The largest absolute Gasteiger partial charge is 0.507 e. The number of alkyl halides is 2. The van der Waals surface area contributed by atoms with Crippen LogP contribution in [0.4, 0.5) is 10.1 Å². The van der Waals surface area contributed by atoms with Gasteiger partial charge in [0.25, 0.3) is 11.8 Å². The van der Waals surface area contributed by atoms with Crippen molar-refractivity contribution in [2.45, 2.75) is 41.5 Å². The smallest absolute Gasteiger partial charge is 0.258 e. The summed E-state index contributed by atoms with van der Waals surface area (Å²) >= 11 is 16.2. The lowest BCUT2D eigenvalue weighted by atomic mass is 9.56. The van der Waals surface area contributed by atoms with Crippen molar-refractivity contribution in [3.05, 3.63) is 106 Å². The zero-order chi connectivity index (χ0) is 31.8. The Hall–Kier alpha value is -3.79. The highest BCUT2D eigenvalue weighted by molar-refractivity contribution is 7.09. The average Bonchev–Trinajstić information content (AvgIpc) is 3.66. The molecule has 0 radical (unpaired) electrons. The topological polar surface area (TPSA) is 95.0 Å². The molecule has 1 saturated carbocycles. The summed E-state index contributed by atoms with van der Waals surface area (Å²) in [6.45, 7) is 3.90. The van der Waals surface area contributed by atoms with Gasteiger partial charge in [-0.05, 0) is 66.5 Å². The maximum absolute atomic E-state index is 14.5. The number of carbonyl (C=O) groups is 4. The molecule has 230 valence electrons. The second kappa shape index (κ2) is 10.6. The Morgan fingerprint density at radius 1 is 1.00 bits per heavy atom. The van der Waals surface area contributed by atoms with Gasteiger partial charge in [-0.25, -0.2) is 9.29 Å². The number of thiophene rings is 1. The van der Waals surface area contributed by atoms with E-state index in [-0.39, 0.29) is 48.2 Å². The van der Waals surface area contributed by atoms with Crippen LogP contribution in [0.15, 0.2) is 84.3 Å². The quantitative estimate of drug-likeness (QED) is 0.196. The van der Waals surface area contributed by atoms with Crippen molar-refractivity contribution in [2.75, 3.05) is 4.90 Å². The summed E-state index contributed by atoms with van der Waals surface area (Å²) in [7, 11) is 0. The van der Waals surface area contributed by atoms with Gasteiger partial charge < -0.3 is 5.11 Å². The normalized spacial score (nSPS) is 30.7. The van der Waals surface area contributed by atoms with E-state index in [0.29, 0.717) is 17.6 Å². The van der Waals surface area contributed by atoms with Crippen LogP contribution in [0, 0.1) is 23.6 Å². The van der Waals surface area contributed by atoms with E-state index < -0.39 is 51.1 Å². The summed E-state index contributed by atoms with van der Waals surface area (Å²) in [5.41, 5.74) is 1.47. The first-order valence-electron chi connectivity index (χ1n) is 14.5. The van der Waals surface area contributed by atoms with Gasteiger partial charge in [0, 0.05) is 16.4 Å². The van der Waals surface area contributed by atoms with Crippen LogP contribution in [-0.2, 0) is 32.1 Å². The van der Waals surface area contributed by atoms with Crippen molar-refractivity contribution in [1.29, 1.82) is 0 Å². The Kier molecular flexibility index (Phi) is 7.07. The number of benzene rings is 2. The van der Waals surface area contributed by atoms with E-state index in [1.165, 1.54) is 28.4 Å². The van der Waals surface area contributed by atoms with E-state index in [0.717, 1.165) is 21.9 Å². The van der Waals surface area contributed by atoms with Gasteiger partial charge in [0.2, 0.25) is 11.8 Å². The summed E-state index contributed by atoms with van der Waals surface area (Å²) in [5.74, 6) is -6.33. The molecule has 3 heterocycles. The zero-order valence-electron chi connectivity index (χ0n) is 23.8. The standard InChI is InChI=1S/C34H27Cl2FN2O5S/c1-2-5-18-6-3-8-24(28(18)40)27-22-13-14-23-26(30(42)38(29(23)41)17-21-7-4-15-45-21)25(22)16-33(35)31(43)39(32(44)34(27,33)36)20-11-9-19(37)10-12-20/h2-4,6-13,15,23,25-27,40H,1,5,14,16-17H2. The van der Waals surface area contributed by atoms with Gasteiger partial charge in [-0.3, -0.25) is 24.1 Å². The number of likely N-dealkylation sites (tertiary alicyclic amines) is 1. The second-order valence-electron chi connectivity index (χ2n) is 11.9. The van der Waals surface area contributed by atoms with Gasteiger partial charge >= 0.3 is 0 Å². The molecule has 6 atom stereocenters. The molecule has 4 aliphatic rings. The number of rotatable bonds is 6. The Balaban J connectivity index is 1.40. The Morgan fingerprint density at radius 3 is 2.44 bits per heavy atom. The number of nitrogens with zero attached hydrogens (tertiary/aromatic N) is 2. The molecule has 2 aliphatic heterocycles. The number of anilines is 1. The number of imide groups is 2. The van der Waals surface area contributed by atoms with E-state index in [9.17, 15) is 28.7 Å². The van der Waals surface area contributed by atoms with Crippen LogP contribution in [0.2, 0.25) is 0 Å². The summed E-state index contributed by atoms with van der Waals surface area (Å²) in [4.78, 5) is 55.3. The van der Waals surface area contributed by atoms with Gasteiger partial charge in [0.15, 0.2) is 9.75 Å². The number of hydrogen-bond acceptors (Lipinski definition) is 6. The summed E-state index contributed by atoms with van der Waals surface area (Å²) in [6.07, 6.45) is 3.80. The van der Waals surface area contributed by atoms with Crippen LogP contribution < -0.4 is 4.90 Å². The maximum Gasteiger partial charge on any atom is 0.258 e. The molecule has 45 heavy (non-hydrogen) atoms. The molecule has 11 heteroatoms. The van der Waals surface area contributed by atoms with Crippen molar-refractivity contribution in [1.82, 2.24) is 4.90 Å². The molecule has 7 rings (SSSR count). The first kappa shape index (κ1) is 29.9. The molecule has 0 bridgehead atoms. The van der Waals surface area contributed by atoms with Gasteiger partial charge in [-0.1, -0.05) is 42.0 Å². The van der Waals surface area contributed by atoms with Gasteiger partial charge in [0.1, 0.15) is 11.6 Å². The number of phenolic OH excluding ortho intramolecular Hbond substituents is 1. The highest BCUT2D eigenvalue weighted by Crippen LogP contribution is 2.66. The third-order valence-corrected chi connectivity index (χ3v) is 12.0. The van der Waals surface area contributed by atoms with Gasteiger partial charge in [-0.15, -0.1) is 41.1 Å². The fourth-order valence-corrected chi connectivity index (χ4v) is 9.31. The molecule has 3 aromatic rings. The fourth-order valence-electron chi connectivity index (χ4n) is 7.69. The minimum Gasteiger partial charge on any atom is -0.507 e. The molecule has 4 amide bonds. The molecule has 2 aromatic carbocycles. The number of para-hydroxylation sites is 1. The highest BCUT2D eigenvalue weighted by Gasteiger charge is 2.76. The van der Waals surface area contributed by atoms with E-state index >= 15 is 0 Å². The molecule has 1 aromatic heterocycles. The van der Waals surface area contributed by atoms with Crippen molar-refractivity contribution in [3.63, 3.8) is 0 Å². The Bertz CT molecular complexity index is 1810. The molecule has 3 fully saturated rings. The molecular weight excluding hydrogens is 638 g/mol. The molecule has 1 N–H and O–H groups in total. The monoisotopic (exact) mass is 664 g/mol. The number of hydrogen-bond donors (Lipinski definition) is 1. The molecule has 0 spiro atoms. The first-order chi connectivity index (χ1) is 21.5. The average molecular weight is 666 g/mol. The number of allylic oxidation sites excluding steroid dienone is 3. The highest BCUT2D eigenvalue weighted by atomic mass is 35.5. The molecule has 7 nitrogen and oxygen atoms in total. The number of fused-ring (bicyclic) bond motifs is 4. The summed E-state index contributed by atoms with van der Waals surface area (Å²) in [5, 5.41) is 13.4. The van der Waals surface area contributed by atoms with Crippen molar-refractivity contribution in [2.24, 2.45) is 17.8 Å². The number of carbonyl (C=O) groups excluding carboxylic acids is 4. The van der Waals surface area contributed by atoms with Crippen LogP contribution in [0.5, 0.6) is 5.75 Å². The van der Waals surface area contributed by atoms with Crippen LogP contribution >= 0.6 is 34.5 Å². The van der Waals surface area contributed by atoms with Crippen molar-refractivity contribution in [3.8, 4) is 5.75 Å². The van der Waals surface area contributed by atoms with Crippen molar-refractivity contribution < 1.29 is 28.7 Å². The lowest BCUT2D eigenvalue weighted by Crippen LogP contribution is -2.60. The first-order valence-corrected chi connectivity index (χ1v) is 16.2. The number of aromatic hydroxyl groups is 1. The predicted octanol–water partition coefficient (Wildman–Crippen LogP) is 6.08. The Labute approximate surface area is 272 Å². The second-order valence-corrected chi connectivity index (χ2v) is 14.2. The zero-order valence-corrected chi connectivity index (χ0v) is 26.1. The van der Waals surface area contributed by atoms with E-state index in [2.05, 4.69) is 6.58 Å². The van der Waals surface area contributed by atoms with Crippen LogP contribution in [0.3, 0.4) is 0 Å². The minimum atomic E-state index is -2.12. The fraction of sp³-hybridized carbons (Fsp3) is 0.294. The van der Waals surface area contributed by atoms with E-state index in [1.54, 1.807) is 24.3 Å². The van der Waals surface area contributed by atoms with E-state index in [4.69, 9.17) is 23.2 Å². The lowest BCUT2D eigenvalue weighted by Gasteiger charge is -2.50. The maximum atomic E-state index is 14.5. The predicted molar refractivity (Wildman–Crippen MR) is 168 cm³/mol. The SMILES string of the molecule is C=CCc1cccc(C2C3=CCC4C(=O)N(Cc5cccs5)C(=O)C4C3CC3(Cl)C(=O)N(c4ccc(F)cc4)C(=O)C23Cl)c1O. The van der Waals surface area contributed by atoms with Gasteiger partial charge in [0.05, 0.1) is 24.1 Å². The number of amides is 4. The Morgan fingerprint density at radius 2 is 1.76 bits per heavy atom. The number of halogens is 3. The van der Waals surface area contributed by atoms with Crippen molar-refractivity contribution >= 4 is 63.9 Å². The molecular formula is C34H27Cl2FN2O5S. The van der Waals surface area contributed by atoms with Crippen LogP contribution in [0.25, 0.3) is 0 Å².